The lowest BCUT2D eigenvalue weighted by molar-refractivity contribution is 0.0755. The second kappa shape index (κ2) is 6.59. The Labute approximate surface area is 127 Å². The second-order valence-corrected chi connectivity index (χ2v) is 6.18. The third-order valence-electron chi connectivity index (χ3n) is 3.49. The van der Waals surface area contributed by atoms with Gasteiger partial charge >= 0.3 is 0 Å². The molecule has 2 rings (SSSR count). The van der Waals surface area contributed by atoms with Crippen LogP contribution in [0, 0.1) is 0 Å². The molecule has 5 nitrogen and oxygen atoms in total. The van der Waals surface area contributed by atoms with Crippen LogP contribution in [-0.2, 0) is 12.5 Å². The predicted octanol–water partition coefficient (Wildman–Crippen LogP) is 1.57. The van der Waals surface area contributed by atoms with Gasteiger partial charge in [0, 0.05) is 32.1 Å². The molecule has 114 valence electrons. The van der Waals surface area contributed by atoms with Crippen molar-refractivity contribution in [2.24, 2.45) is 7.05 Å². The molecule has 20 heavy (non-hydrogen) atoms. The van der Waals surface area contributed by atoms with Gasteiger partial charge in [-0.2, -0.15) is 5.10 Å². The van der Waals surface area contributed by atoms with Gasteiger partial charge in [-0.1, -0.05) is 20.8 Å². The summed E-state index contributed by atoms with van der Waals surface area (Å²) in [6, 6.07) is 1.93. The summed E-state index contributed by atoms with van der Waals surface area (Å²) in [4.78, 5) is 14.5. The number of amides is 1. The van der Waals surface area contributed by atoms with E-state index in [9.17, 15) is 4.79 Å². The van der Waals surface area contributed by atoms with Crippen LogP contribution in [0.15, 0.2) is 6.07 Å². The maximum Gasteiger partial charge on any atom is 0.272 e. The first-order valence-electron chi connectivity index (χ1n) is 6.94. The third-order valence-corrected chi connectivity index (χ3v) is 3.49. The molecule has 0 aliphatic carbocycles. The van der Waals surface area contributed by atoms with Crippen LogP contribution in [0.4, 0.5) is 0 Å². The summed E-state index contributed by atoms with van der Waals surface area (Å²) in [5, 5.41) is 7.79. The molecule has 0 unspecified atom stereocenters. The third kappa shape index (κ3) is 3.73. The molecular weight excluding hydrogens is 276 g/mol. The van der Waals surface area contributed by atoms with Gasteiger partial charge in [-0.15, -0.1) is 12.4 Å². The highest BCUT2D eigenvalue weighted by Crippen LogP contribution is 2.22. The Balaban J connectivity index is 0.00000200. The fourth-order valence-electron chi connectivity index (χ4n) is 2.24. The van der Waals surface area contributed by atoms with Crippen molar-refractivity contribution in [1.29, 1.82) is 0 Å². The van der Waals surface area contributed by atoms with Crippen molar-refractivity contribution >= 4 is 18.3 Å². The first-order chi connectivity index (χ1) is 8.89. The molecule has 1 saturated heterocycles. The van der Waals surface area contributed by atoms with Crippen molar-refractivity contribution in [1.82, 2.24) is 20.0 Å². The molecule has 0 saturated carbocycles. The van der Waals surface area contributed by atoms with Crippen LogP contribution in [0.5, 0.6) is 0 Å². The minimum atomic E-state index is -0.0311. The largest absolute Gasteiger partial charge is 0.336 e. The second-order valence-electron chi connectivity index (χ2n) is 6.18. The zero-order valence-electron chi connectivity index (χ0n) is 12.8. The minimum absolute atomic E-state index is 0. The van der Waals surface area contributed by atoms with E-state index in [0.717, 1.165) is 38.3 Å². The van der Waals surface area contributed by atoms with Gasteiger partial charge in [0.25, 0.3) is 5.91 Å². The zero-order chi connectivity index (χ0) is 14.0. The van der Waals surface area contributed by atoms with E-state index in [4.69, 9.17) is 0 Å². The minimum Gasteiger partial charge on any atom is -0.336 e. The number of hydrogen-bond acceptors (Lipinski definition) is 3. The Bertz CT molecular complexity index is 456. The van der Waals surface area contributed by atoms with Crippen LogP contribution in [0.3, 0.4) is 0 Å². The number of aryl methyl sites for hydroxylation is 1. The summed E-state index contributed by atoms with van der Waals surface area (Å²) in [6.07, 6.45) is 1.01. The Morgan fingerprint density at radius 1 is 1.30 bits per heavy atom. The SMILES string of the molecule is Cl.Cn1nc(C(C)(C)C)cc1C(=O)N1CCCNCC1. The van der Waals surface area contributed by atoms with Gasteiger partial charge in [-0.3, -0.25) is 9.48 Å². The average molecular weight is 301 g/mol. The van der Waals surface area contributed by atoms with E-state index >= 15 is 0 Å². The Morgan fingerprint density at radius 3 is 2.60 bits per heavy atom. The first-order valence-corrected chi connectivity index (χ1v) is 6.94. The molecule has 6 heteroatoms. The smallest absolute Gasteiger partial charge is 0.272 e. The first kappa shape index (κ1) is 17.0. The van der Waals surface area contributed by atoms with Crippen LogP contribution < -0.4 is 5.32 Å². The fraction of sp³-hybridized carbons (Fsp3) is 0.714. The Hall–Kier alpha value is -1.07. The monoisotopic (exact) mass is 300 g/mol. The molecular formula is C14H25ClN4O. The Morgan fingerprint density at radius 2 is 2.00 bits per heavy atom. The molecule has 0 atom stereocenters. The number of aromatic nitrogens is 2. The van der Waals surface area contributed by atoms with Crippen molar-refractivity contribution in [3.63, 3.8) is 0 Å². The lowest BCUT2D eigenvalue weighted by atomic mass is 9.92. The van der Waals surface area contributed by atoms with E-state index in [1.165, 1.54) is 0 Å². The summed E-state index contributed by atoms with van der Waals surface area (Å²) < 4.78 is 1.71. The molecule has 1 aliphatic heterocycles. The standard InChI is InChI=1S/C14H24N4O.ClH/c1-14(2,3)12-10-11(17(4)16-12)13(19)18-8-5-6-15-7-9-18;/h10,15H,5-9H2,1-4H3;1H. The van der Waals surface area contributed by atoms with Gasteiger partial charge in [0.05, 0.1) is 5.69 Å². The molecule has 1 amide bonds. The summed E-state index contributed by atoms with van der Waals surface area (Å²) in [7, 11) is 1.85. The number of nitrogens with one attached hydrogen (secondary N) is 1. The number of carbonyl (C=O) groups excluding carboxylic acids is 1. The quantitative estimate of drug-likeness (QED) is 0.856. The van der Waals surface area contributed by atoms with E-state index in [2.05, 4.69) is 31.2 Å². The van der Waals surface area contributed by atoms with E-state index in [1.807, 2.05) is 18.0 Å². The van der Waals surface area contributed by atoms with Crippen molar-refractivity contribution in [3.8, 4) is 0 Å². The summed E-state index contributed by atoms with van der Waals surface area (Å²) in [5.74, 6) is 0.0919. The normalized spacial score (nSPS) is 16.5. The summed E-state index contributed by atoms with van der Waals surface area (Å²) in [5.41, 5.74) is 1.62. The van der Waals surface area contributed by atoms with Crippen LogP contribution in [0.25, 0.3) is 0 Å². The number of halogens is 1. The van der Waals surface area contributed by atoms with Crippen molar-refractivity contribution in [3.05, 3.63) is 17.5 Å². The van der Waals surface area contributed by atoms with Crippen LogP contribution in [0.2, 0.25) is 0 Å². The highest BCUT2D eigenvalue weighted by molar-refractivity contribution is 5.92. The molecule has 1 aromatic heterocycles. The number of nitrogens with zero attached hydrogens (tertiary/aromatic N) is 3. The summed E-state index contributed by atoms with van der Waals surface area (Å²) >= 11 is 0. The molecule has 0 radical (unpaired) electrons. The summed E-state index contributed by atoms with van der Waals surface area (Å²) in [6.45, 7) is 9.78. The topological polar surface area (TPSA) is 50.2 Å². The van der Waals surface area contributed by atoms with Gasteiger partial charge in [0.2, 0.25) is 0 Å². The molecule has 0 aromatic carbocycles. The lowest BCUT2D eigenvalue weighted by Gasteiger charge is -2.19. The molecule has 0 bridgehead atoms. The maximum atomic E-state index is 12.6. The predicted molar refractivity (Wildman–Crippen MR) is 82.5 cm³/mol. The van der Waals surface area contributed by atoms with Gasteiger partial charge < -0.3 is 10.2 Å². The highest BCUT2D eigenvalue weighted by Gasteiger charge is 2.24. The van der Waals surface area contributed by atoms with Crippen molar-refractivity contribution in [2.75, 3.05) is 26.2 Å². The fourth-order valence-corrected chi connectivity index (χ4v) is 2.24. The van der Waals surface area contributed by atoms with E-state index < -0.39 is 0 Å². The number of rotatable bonds is 1. The molecule has 1 aliphatic rings. The zero-order valence-corrected chi connectivity index (χ0v) is 13.6. The highest BCUT2D eigenvalue weighted by atomic mass is 35.5. The van der Waals surface area contributed by atoms with Gasteiger partial charge in [0.1, 0.15) is 5.69 Å². The van der Waals surface area contributed by atoms with Crippen LogP contribution >= 0.6 is 12.4 Å². The van der Waals surface area contributed by atoms with Gasteiger partial charge in [0.15, 0.2) is 0 Å². The molecule has 1 aromatic rings. The molecule has 1 N–H and O–H groups in total. The number of hydrogen-bond donors (Lipinski definition) is 1. The lowest BCUT2D eigenvalue weighted by Crippen LogP contribution is -2.35. The van der Waals surface area contributed by atoms with Crippen molar-refractivity contribution in [2.45, 2.75) is 32.6 Å². The number of carbonyl (C=O) groups is 1. The maximum absolute atomic E-state index is 12.6. The molecule has 1 fully saturated rings. The van der Waals surface area contributed by atoms with Gasteiger partial charge in [-0.25, -0.2) is 0 Å². The van der Waals surface area contributed by atoms with E-state index in [1.54, 1.807) is 4.68 Å². The molecule has 0 spiro atoms. The van der Waals surface area contributed by atoms with E-state index in [-0.39, 0.29) is 23.7 Å². The van der Waals surface area contributed by atoms with Crippen molar-refractivity contribution < 1.29 is 4.79 Å². The van der Waals surface area contributed by atoms with Crippen LogP contribution in [0.1, 0.15) is 43.4 Å². The van der Waals surface area contributed by atoms with Crippen LogP contribution in [-0.4, -0.2) is 46.8 Å². The van der Waals surface area contributed by atoms with Gasteiger partial charge in [-0.05, 0) is 19.0 Å². The van der Waals surface area contributed by atoms with E-state index in [0.29, 0.717) is 5.69 Å². The average Bonchev–Trinajstić information content (AvgIpc) is 2.57. The molecule has 2 heterocycles. The Kier molecular flexibility index (Phi) is 5.59.